The number of carbonyl (C=O) groups excluding carboxylic acids is 3. The highest BCUT2D eigenvalue weighted by Crippen LogP contribution is 2.48. The van der Waals surface area contributed by atoms with Gasteiger partial charge in [0, 0.05) is 53.2 Å². The number of benzene rings is 3. The van der Waals surface area contributed by atoms with Crippen molar-refractivity contribution in [1.82, 2.24) is 5.06 Å². The lowest BCUT2D eigenvalue weighted by molar-refractivity contribution is -0.197. The topological polar surface area (TPSA) is 66.9 Å². The summed E-state index contributed by atoms with van der Waals surface area (Å²) in [7, 11) is 0. The number of hydrogen-bond donors (Lipinski definition) is 0. The monoisotopic (exact) mass is 498 g/mol. The van der Waals surface area contributed by atoms with Crippen LogP contribution < -0.4 is 4.90 Å². The molecular weight excluding hydrogens is 472 g/mol. The molecule has 0 aliphatic carbocycles. The van der Waals surface area contributed by atoms with E-state index in [1.165, 1.54) is 5.56 Å². The van der Waals surface area contributed by atoms with Gasteiger partial charge in [-0.15, -0.1) is 16.8 Å². The Hall–Kier alpha value is -3.84. The lowest BCUT2D eigenvalue weighted by Gasteiger charge is -2.35. The van der Waals surface area contributed by atoms with Gasteiger partial charge in [0.25, 0.3) is 11.8 Å². The molecule has 0 bridgehead atoms. The molecule has 2 heterocycles. The van der Waals surface area contributed by atoms with E-state index in [9.17, 15) is 14.4 Å². The van der Waals surface area contributed by atoms with Gasteiger partial charge in [0.1, 0.15) is 0 Å². The molecule has 36 heavy (non-hydrogen) atoms. The molecule has 5 rings (SSSR count). The van der Waals surface area contributed by atoms with Crippen LogP contribution in [0.3, 0.4) is 0 Å². The van der Waals surface area contributed by atoms with Crippen molar-refractivity contribution in [3.63, 3.8) is 0 Å². The van der Waals surface area contributed by atoms with E-state index in [4.69, 9.17) is 4.84 Å². The molecule has 0 N–H and O–H groups in total. The van der Waals surface area contributed by atoms with E-state index in [0.717, 1.165) is 39.5 Å². The summed E-state index contributed by atoms with van der Waals surface area (Å²) >= 11 is 1.58. The van der Waals surface area contributed by atoms with Crippen LogP contribution in [0, 0.1) is 0 Å². The normalized spacial score (nSPS) is 14.5. The van der Waals surface area contributed by atoms with Gasteiger partial charge >= 0.3 is 5.97 Å². The van der Waals surface area contributed by atoms with Gasteiger partial charge in [0.15, 0.2) is 0 Å². The molecule has 0 saturated carbocycles. The van der Waals surface area contributed by atoms with E-state index >= 15 is 0 Å². The highest BCUT2D eigenvalue weighted by Gasteiger charge is 2.33. The molecule has 6 nitrogen and oxygen atoms in total. The first-order valence-corrected chi connectivity index (χ1v) is 12.9. The second kappa shape index (κ2) is 10.4. The Bertz CT molecular complexity index is 1290. The third-order valence-corrected chi connectivity index (χ3v) is 7.33. The molecule has 2 aliphatic heterocycles. The SMILES string of the molecule is CC(SCCC(=O)ON1C(=O)CCC1=O)=C1c2ccccc2N(Cc2ccccc2)c2ccccc21. The molecule has 182 valence electrons. The van der Waals surface area contributed by atoms with Crippen molar-refractivity contribution in [1.29, 1.82) is 0 Å². The number of hydrogen-bond acceptors (Lipinski definition) is 6. The number of nitrogens with zero attached hydrogens (tertiary/aromatic N) is 2. The average Bonchev–Trinajstić information content (AvgIpc) is 3.21. The Balaban J connectivity index is 1.38. The molecule has 7 heteroatoms. The van der Waals surface area contributed by atoms with Gasteiger partial charge in [-0.25, -0.2) is 4.79 Å². The predicted molar refractivity (Wildman–Crippen MR) is 141 cm³/mol. The third-order valence-electron chi connectivity index (χ3n) is 6.29. The number of thioether (sulfide) groups is 1. The molecule has 2 amide bonds. The first-order valence-electron chi connectivity index (χ1n) is 11.9. The van der Waals surface area contributed by atoms with Gasteiger partial charge in [-0.05, 0) is 29.5 Å². The van der Waals surface area contributed by atoms with E-state index in [0.29, 0.717) is 10.8 Å². The number of amides is 2. The van der Waals surface area contributed by atoms with Crippen molar-refractivity contribution in [2.75, 3.05) is 10.7 Å². The zero-order valence-corrected chi connectivity index (χ0v) is 20.8. The molecule has 0 unspecified atom stereocenters. The van der Waals surface area contributed by atoms with Crippen LogP contribution in [0.15, 0.2) is 83.8 Å². The van der Waals surface area contributed by atoms with E-state index in [1.807, 2.05) is 18.2 Å². The van der Waals surface area contributed by atoms with Crippen LogP contribution in [0.25, 0.3) is 5.57 Å². The number of carbonyl (C=O) groups is 3. The Kier molecular flexibility index (Phi) is 6.91. The fraction of sp³-hybridized carbons (Fsp3) is 0.207. The largest absolute Gasteiger partial charge is 0.336 e. The van der Waals surface area contributed by atoms with E-state index in [-0.39, 0.29) is 19.3 Å². The van der Waals surface area contributed by atoms with Crippen LogP contribution in [-0.2, 0) is 25.8 Å². The van der Waals surface area contributed by atoms with Crippen LogP contribution >= 0.6 is 11.8 Å². The Labute approximate surface area is 214 Å². The summed E-state index contributed by atoms with van der Waals surface area (Å²) in [5.41, 5.74) is 6.95. The van der Waals surface area contributed by atoms with Gasteiger partial charge in [0.05, 0.1) is 6.42 Å². The van der Waals surface area contributed by atoms with Crippen LogP contribution in [0.1, 0.15) is 42.9 Å². The third kappa shape index (κ3) is 4.79. The van der Waals surface area contributed by atoms with E-state index in [2.05, 4.69) is 72.5 Å². The number of imide groups is 1. The van der Waals surface area contributed by atoms with Crippen molar-refractivity contribution in [2.24, 2.45) is 0 Å². The van der Waals surface area contributed by atoms with Gasteiger partial charge in [-0.1, -0.05) is 66.7 Å². The maximum Gasteiger partial charge on any atom is 0.334 e. The zero-order valence-electron chi connectivity index (χ0n) is 20.0. The molecule has 0 spiro atoms. The number of anilines is 2. The highest BCUT2D eigenvalue weighted by atomic mass is 32.2. The van der Waals surface area contributed by atoms with Crippen molar-refractivity contribution < 1.29 is 19.2 Å². The Morgan fingerprint density at radius 3 is 2.00 bits per heavy atom. The standard InChI is InChI=1S/C29H26N2O4S/c1-20(36-18-17-28(34)35-31-26(32)15-16-27(31)33)29-22-11-5-7-13-24(22)30(19-21-9-3-2-4-10-21)25-14-8-6-12-23(25)29/h2-14H,15-19H2,1H3. The minimum atomic E-state index is -0.581. The van der Waals surface area contributed by atoms with Crippen LogP contribution in [0.5, 0.6) is 0 Å². The van der Waals surface area contributed by atoms with Gasteiger partial charge in [0.2, 0.25) is 0 Å². The highest BCUT2D eigenvalue weighted by molar-refractivity contribution is 8.03. The second-order valence-electron chi connectivity index (χ2n) is 8.68. The summed E-state index contributed by atoms with van der Waals surface area (Å²) in [5.74, 6) is -1.03. The molecule has 1 saturated heterocycles. The zero-order chi connectivity index (χ0) is 25.1. The molecule has 2 aliphatic rings. The Morgan fingerprint density at radius 2 is 1.39 bits per heavy atom. The minimum Gasteiger partial charge on any atom is -0.336 e. The first kappa shape index (κ1) is 23.9. The molecule has 1 fully saturated rings. The Morgan fingerprint density at radius 1 is 0.833 bits per heavy atom. The quantitative estimate of drug-likeness (QED) is 0.381. The number of allylic oxidation sites excluding steroid dienone is 1. The van der Waals surface area contributed by atoms with E-state index in [1.54, 1.807) is 11.8 Å². The molecule has 0 aromatic heterocycles. The maximum absolute atomic E-state index is 12.3. The van der Waals surface area contributed by atoms with Crippen molar-refractivity contribution in [3.8, 4) is 0 Å². The fourth-order valence-electron chi connectivity index (χ4n) is 4.60. The molecule has 0 radical (unpaired) electrons. The van der Waals surface area contributed by atoms with Crippen molar-refractivity contribution >= 4 is 46.5 Å². The lowest BCUT2D eigenvalue weighted by atomic mass is 9.89. The molecule has 3 aromatic carbocycles. The average molecular weight is 499 g/mol. The number of fused-ring (bicyclic) bond motifs is 2. The summed E-state index contributed by atoms with van der Waals surface area (Å²) in [6, 6.07) is 27.2. The van der Waals surface area contributed by atoms with Crippen LogP contribution in [-0.4, -0.2) is 28.6 Å². The van der Waals surface area contributed by atoms with Gasteiger partial charge < -0.3 is 9.74 Å². The number of para-hydroxylation sites is 2. The molecule has 0 atom stereocenters. The second-order valence-corrected chi connectivity index (χ2v) is 9.99. The van der Waals surface area contributed by atoms with Crippen molar-refractivity contribution in [3.05, 3.63) is 100 Å². The summed E-state index contributed by atoms with van der Waals surface area (Å²) in [4.78, 5) is 44.1. The number of hydroxylamine groups is 2. The van der Waals surface area contributed by atoms with Crippen LogP contribution in [0.4, 0.5) is 11.4 Å². The minimum absolute atomic E-state index is 0.0895. The summed E-state index contributed by atoms with van der Waals surface area (Å²) in [5, 5.41) is 0.604. The van der Waals surface area contributed by atoms with Crippen molar-refractivity contribution in [2.45, 2.75) is 32.7 Å². The van der Waals surface area contributed by atoms with E-state index < -0.39 is 17.8 Å². The smallest absolute Gasteiger partial charge is 0.334 e. The first-order chi connectivity index (χ1) is 17.5. The number of rotatable bonds is 7. The molecule has 3 aromatic rings. The van der Waals surface area contributed by atoms with Crippen LogP contribution in [0.2, 0.25) is 0 Å². The fourth-order valence-corrected chi connectivity index (χ4v) is 5.54. The maximum atomic E-state index is 12.3. The molecular formula is C29H26N2O4S. The van der Waals surface area contributed by atoms with Gasteiger partial charge in [-0.3, -0.25) is 9.59 Å². The summed E-state index contributed by atoms with van der Waals surface area (Å²) in [6.45, 7) is 2.83. The predicted octanol–water partition coefficient (Wildman–Crippen LogP) is 5.85. The summed E-state index contributed by atoms with van der Waals surface area (Å²) in [6.07, 6.45) is 0.272. The summed E-state index contributed by atoms with van der Waals surface area (Å²) < 4.78 is 0. The van der Waals surface area contributed by atoms with Gasteiger partial charge in [-0.2, -0.15) is 0 Å². The lowest BCUT2D eigenvalue weighted by Crippen LogP contribution is -2.32.